The van der Waals surface area contributed by atoms with Gasteiger partial charge in [0.05, 0.1) is 5.69 Å². The average Bonchev–Trinajstić information content (AvgIpc) is 3.27. The lowest BCUT2D eigenvalue weighted by Gasteiger charge is -2.24. The first-order chi connectivity index (χ1) is 12.3. The first-order valence-electron chi connectivity index (χ1n) is 9.17. The molecule has 0 radical (unpaired) electrons. The third kappa shape index (κ3) is 2.95. The third-order valence-corrected chi connectivity index (χ3v) is 5.56. The number of carbonyl (C=O) groups excluding carboxylic acids is 1. The lowest BCUT2D eigenvalue weighted by atomic mass is 9.92. The predicted molar refractivity (Wildman–Crippen MR) is 99.0 cm³/mol. The molecule has 0 N–H and O–H groups in total. The Morgan fingerprint density at radius 3 is 2.38 bits per heavy atom. The number of aromatic nitrogens is 4. The maximum atomic E-state index is 12.7. The molecule has 0 aliphatic carbocycles. The maximum Gasteiger partial charge on any atom is 0.272 e. The van der Waals surface area contributed by atoms with Crippen molar-refractivity contribution in [3.05, 3.63) is 36.0 Å². The summed E-state index contributed by atoms with van der Waals surface area (Å²) >= 11 is 0. The highest BCUT2D eigenvalue weighted by atomic mass is 16.2. The molecule has 2 aromatic heterocycles. The van der Waals surface area contributed by atoms with E-state index in [1.165, 1.54) is 0 Å². The van der Waals surface area contributed by atoms with Crippen LogP contribution in [0, 0.1) is 11.8 Å². The molecule has 0 saturated carbocycles. The molecule has 4 rings (SSSR count). The minimum Gasteiger partial charge on any atom is -0.356 e. The number of anilines is 1. The van der Waals surface area contributed by atoms with E-state index in [2.05, 4.69) is 46.8 Å². The van der Waals surface area contributed by atoms with E-state index in [9.17, 15) is 4.79 Å². The molecular weight excluding hydrogens is 328 g/mol. The van der Waals surface area contributed by atoms with E-state index < -0.39 is 0 Å². The molecule has 7 heteroatoms. The van der Waals surface area contributed by atoms with Gasteiger partial charge in [-0.05, 0) is 6.07 Å². The van der Waals surface area contributed by atoms with Gasteiger partial charge in [-0.2, -0.15) is 5.10 Å². The SMILES string of the molecule is Cn1nccc1C(=O)N1CC2CN(c3cc(C(C)(C)C)ncn3)CC2C1. The van der Waals surface area contributed by atoms with Crippen LogP contribution in [0.15, 0.2) is 24.7 Å². The van der Waals surface area contributed by atoms with Gasteiger partial charge in [-0.25, -0.2) is 9.97 Å². The maximum absolute atomic E-state index is 12.7. The van der Waals surface area contributed by atoms with Crippen LogP contribution in [0.5, 0.6) is 0 Å². The van der Waals surface area contributed by atoms with Gasteiger partial charge < -0.3 is 9.80 Å². The van der Waals surface area contributed by atoms with Gasteiger partial charge in [0.2, 0.25) is 0 Å². The van der Waals surface area contributed by atoms with Crippen LogP contribution in [0.3, 0.4) is 0 Å². The highest BCUT2D eigenvalue weighted by molar-refractivity contribution is 5.92. The van der Waals surface area contributed by atoms with Crippen LogP contribution in [0.25, 0.3) is 0 Å². The van der Waals surface area contributed by atoms with Crippen LogP contribution >= 0.6 is 0 Å². The number of hydrogen-bond acceptors (Lipinski definition) is 5. The number of carbonyl (C=O) groups is 1. The Labute approximate surface area is 154 Å². The number of rotatable bonds is 2. The van der Waals surface area contributed by atoms with Crippen molar-refractivity contribution in [3.8, 4) is 0 Å². The normalized spacial score (nSPS) is 22.8. The van der Waals surface area contributed by atoms with Gasteiger partial charge in [0, 0.05) is 62.7 Å². The molecule has 2 aromatic rings. The molecule has 138 valence electrons. The summed E-state index contributed by atoms with van der Waals surface area (Å²) in [5.74, 6) is 2.09. The second-order valence-corrected chi connectivity index (χ2v) is 8.49. The van der Waals surface area contributed by atoms with Crippen molar-refractivity contribution in [2.75, 3.05) is 31.1 Å². The number of aryl methyl sites for hydroxylation is 1. The van der Waals surface area contributed by atoms with Crippen LogP contribution in [-0.2, 0) is 12.5 Å². The molecule has 2 aliphatic heterocycles. The quantitative estimate of drug-likeness (QED) is 0.821. The summed E-state index contributed by atoms with van der Waals surface area (Å²) in [6.07, 6.45) is 3.34. The van der Waals surface area contributed by atoms with Crippen molar-refractivity contribution in [1.82, 2.24) is 24.6 Å². The largest absolute Gasteiger partial charge is 0.356 e. The molecule has 2 unspecified atom stereocenters. The molecule has 2 fully saturated rings. The van der Waals surface area contributed by atoms with Crippen LogP contribution in [0.1, 0.15) is 37.0 Å². The number of amides is 1. The molecule has 0 bridgehead atoms. The fourth-order valence-electron chi connectivity index (χ4n) is 4.02. The highest BCUT2D eigenvalue weighted by Crippen LogP contribution is 2.34. The van der Waals surface area contributed by atoms with Crippen molar-refractivity contribution in [1.29, 1.82) is 0 Å². The zero-order valence-corrected chi connectivity index (χ0v) is 15.9. The molecule has 2 aliphatic rings. The average molecular weight is 354 g/mol. The summed E-state index contributed by atoms with van der Waals surface area (Å²) in [5, 5.41) is 4.11. The molecule has 26 heavy (non-hydrogen) atoms. The number of likely N-dealkylation sites (tertiary alicyclic amines) is 1. The van der Waals surface area contributed by atoms with Crippen LogP contribution < -0.4 is 4.90 Å². The van der Waals surface area contributed by atoms with E-state index in [0.29, 0.717) is 17.5 Å². The van der Waals surface area contributed by atoms with Gasteiger partial charge in [-0.3, -0.25) is 9.48 Å². The van der Waals surface area contributed by atoms with E-state index in [-0.39, 0.29) is 11.3 Å². The van der Waals surface area contributed by atoms with Crippen LogP contribution in [0.4, 0.5) is 5.82 Å². The Kier molecular flexibility index (Phi) is 3.97. The summed E-state index contributed by atoms with van der Waals surface area (Å²) in [7, 11) is 1.81. The topological polar surface area (TPSA) is 67.2 Å². The molecular formula is C19H26N6O. The Hall–Kier alpha value is -2.44. The van der Waals surface area contributed by atoms with Crippen molar-refractivity contribution in [2.24, 2.45) is 18.9 Å². The van der Waals surface area contributed by atoms with Crippen molar-refractivity contribution >= 4 is 11.7 Å². The van der Waals surface area contributed by atoms with E-state index in [1.54, 1.807) is 23.3 Å². The van der Waals surface area contributed by atoms with Crippen LogP contribution in [0.2, 0.25) is 0 Å². The number of nitrogens with zero attached hydrogens (tertiary/aromatic N) is 6. The molecule has 0 aromatic carbocycles. The fourth-order valence-corrected chi connectivity index (χ4v) is 4.02. The third-order valence-electron chi connectivity index (χ3n) is 5.56. The van der Waals surface area contributed by atoms with Gasteiger partial charge in [0.25, 0.3) is 5.91 Å². The molecule has 1 amide bonds. The van der Waals surface area contributed by atoms with E-state index in [1.807, 2.05) is 11.9 Å². The Morgan fingerprint density at radius 2 is 1.81 bits per heavy atom. The monoisotopic (exact) mass is 354 g/mol. The molecule has 4 heterocycles. The van der Waals surface area contributed by atoms with E-state index in [4.69, 9.17) is 0 Å². The first-order valence-corrected chi connectivity index (χ1v) is 9.17. The standard InChI is InChI=1S/C19H26N6O/c1-19(2,3)16-7-17(21-12-20-16)24-8-13-10-25(11-14(13)9-24)18(26)15-5-6-22-23(15)4/h5-7,12-14H,8-11H2,1-4H3. The van der Waals surface area contributed by atoms with E-state index >= 15 is 0 Å². The predicted octanol–water partition coefficient (Wildman–Crippen LogP) is 1.72. The van der Waals surface area contributed by atoms with E-state index in [0.717, 1.165) is 37.7 Å². The van der Waals surface area contributed by atoms with Gasteiger partial charge in [0.15, 0.2) is 0 Å². The minimum atomic E-state index is 0.0135. The zero-order valence-electron chi connectivity index (χ0n) is 15.9. The second kappa shape index (κ2) is 6.07. The van der Waals surface area contributed by atoms with Gasteiger partial charge in [0.1, 0.15) is 17.8 Å². The van der Waals surface area contributed by atoms with Crippen LogP contribution in [-0.4, -0.2) is 56.7 Å². The van der Waals surface area contributed by atoms with Gasteiger partial charge in [-0.15, -0.1) is 0 Å². The van der Waals surface area contributed by atoms with Gasteiger partial charge in [-0.1, -0.05) is 20.8 Å². The molecule has 2 saturated heterocycles. The van der Waals surface area contributed by atoms with Gasteiger partial charge >= 0.3 is 0 Å². The summed E-state index contributed by atoms with van der Waals surface area (Å²) in [6.45, 7) is 10.0. The number of fused-ring (bicyclic) bond motifs is 1. The Morgan fingerprint density at radius 1 is 1.12 bits per heavy atom. The van der Waals surface area contributed by atoms with Crippen molar-refractivity contribution < 1.29 is 4.79 Å². The highest BCUT2D eigenvalue weighted by Gasteiger charge is 2.42. The summed E-state index contributed by atoms with van der Waals surface area (Å²) in [4.78, 5) is 25.9. The summed E-state index contributed by atoms with van der Waals surface area (Å²) in [5.41, 5.74) is 1.74. The Balaban J connectivity index is 1.44. The Bertz CT molecular complexity index is 809. The lowest BCUT2D eigenvalue weighted by molar-refractivity contribution is 0.0771. The molecule has 0 spiro atoms. The molecule has 2 atom stereocenters. The zero-order chi connectivity index (χ0) is 18.5. The summed E-state index contributed by atoms with van der Waals surface area (Å²) < 4.78 is 1.65. The smallest absolute Gasteiger partial charge is 0.272 e. The molecule has 7 nitrogen and oxygen atoms in total. The van der Waals surface area contributed by atoms with Crippen molar-refractivity contribution in [3.63, 3.8) is 0 Å². The lowest BCUT2D eigenvalue weighted by Crippen LogP contribution is -2.34. The fraction of sp³-hybridized carbons (Fsp3) is 0.579. The van der Waals surface area contributed by atoms with Crippen molar-refractivity contribution in [2.45, 2.75) is 26.2 Å². The summed E-state index contributed by atoms with van der Waals surface area (Å²) in [6, 6.07) is 3.90. The minimum absolute atomic E-state index is 0.0135. The second-order valence-electron chi connectivity index (χ2n) is 8.49. The first kappa shape index (κ1) is 17.0. The number of hydrogen-bond donors (Lipinski definition) is 0.